The maximum absolute atomic E-state index is 12.9. The van der Waals surface area contributed by atoms with Crippen LogP contribution in [0, 0.1) is 5.82 Å². The maximum atomic E-state index is 12.9. The molecule has 1 saturated heterocycles. The zero-order valence-corrected chi connectivity index (χ0v) is 11.4. The molecule has 1 aliphatic heterocycles. The van der Waals surface area contributed by atoms with Crippen molar-refractivity contribution in [2.75, 3.05) is 11.4 Å². The lowest BCUT2D eigenvalue weighted by molar-refractivity contribution is -0.127. The van der Waals surface area contributed by atoms with Crippen LogP contribution in [0.2, 0.25) is 0 Å². The molecule has 0 saturated carbocycles. The fourth-order valence-corrected chi connectivity index (χ4v) is 2.17. The van der Waals surface area contributed by atoms with Gasteiger partial charge in [-0.25, -0.2) is 9.18 Å². The summed E-state index contributed by atoms with van der Waals surface area (Å²) in [7, 11) is 0. The molecule has 6 heteroatoms. The number of benzene rings is 1. The van der Waals surface area contributed by atoms with Crippen LogP contribution < -0.4 is 4.90 Å². The highest BCUT2D eigenvalue weighted by Crippen LogP contribution is 2.26. The highest BCUT2D eigenvalue weighted by Gasteiger charge is 2.43. The average Bonchev–Trinajstić information content (AvgIpc) is 2.64. The van der Waals surface area contributed by atoms with Crippen LogP contribution in [-0.4, -0.2) is 40.6 Å². The average molecular weight is 280 g/mol. The number of carbonyl (C=O) groups excluding carboxylic acids is 2. The monoisotopic (exact) mass is 280 g/mol. The number of hydrogen-bond acceptors (Lipinski definition) is 3. The lowest BCUT2D eigenvalue weighted by Crippen LogP contribution is -2.38. The number of aliphatic hydroxyl groups is 1. The van der Waals surface area contributed by atoms with Crippen LogP contribution in [0.5, 0.6) is 0 Å². The van der Waals surface area contributed by atoms with E-state index in [1.54, 1.807) is 13.8 Å². The third kappa shape index (κ3) is 2.51. The molecule has 1 fully saturated rings. The fourth-order valence-electron chi connectivity index (χ4n) is 2.17. The summed E-state index contributed by atoms with van der Waals surface area (Å²) in [6.07, 6.45) is -0.273. The van der Waals surface area contributed by atoms with Gasteiger partial charge in [0.2, 0.25) is 0 Å². The van der Waals surface area contributed by atoms with E-state index >= 15 is 0 Å². The van der Waals surface area contributed by atoms with Crippen molar-refractivity contribution < 1.29 is 19.1 Å². The summed E-state index contributed by atoms with van der Waals surface area (Å²) in [6.45, 7) is 3.37. The number of aliphatic hydroxyl groups excluding tert-OH is 1. The predicted octanol–water partition coefficient (Wildman–Crippen LogP) is 1.75. The molecule has 1 aliphatic rings. The molecule has 3 amide bonds. The second kappa shape index (κ2) is 5.58. The summed E-state index contributed by atoms with van der Waals surface area (Å²) in [5.74, 6) is -0.760. The Morgan fingerprint density at radius 1 is 1.30 bits per heavy atom. The van der Waals surface area contributed by atoms with Crippen molar-refractivity contribution in [3.05, 3.63) is 30.1 Å². The summed E-state index contributed by atoms with van der Waals surface area (Å²) < 4.78 is 12.9. The first-order valence-corrected chi connectivity index (χ1v) is 6.54. The van der Waals surface area contributed by atoms with Crippen LogP contribution in [0.3, 0.4) is 0 Å². The van der Waals surface area contributed by atoms with Gasteiger partial charge in [-0.2, -0.15) is 0 Å². The predicted molar refractivity (Wildman–Crippen MR) is 71.7 cm³/mol. The van der Waals surface area contributed by atoms with Gasteiger partial charge in [-0.1, -0.05) is 6.92 Å². The lowest BCUT2D eigenvalue weighted by atomic mass is 10.2. The Balaban J connectivity index is 2.25. The van der Waals surface area contributed by atoms with Crippen LogP contribution in [0.1, 0.15) is 20.3 Å². The fraction of sp³-hybridized carbons (Fsp3) is 0.429. The number of β-amino-alcohol motifs (C(OH)–C–C–N with tert-alkyl or cyclic N) is 1. The molecule has 1 aromatic carbocycles. The Morgan fingerprint density at radius 3 is 2.45 bits per heavy atom. The molecule has 0 aliphatic carbocycles. The van der Waals surface area contributed by atoms with Gasteiger partial charge in [0, 0.05) is 5.69 Å². The number of rotatable bonds is 4. The Morgan fingerprint density at radius 2 is 1.90 bits per heavy atom. The van der Waals surface area contributed by atoms with Gasteiger partial charge in [-0.05, 0) is 37.6 Å². The van der Waals surface area contributed by atoms with Gasteiger partial charge in [-0.15, -0.1) is 0 Å². The van der Waals surface area contributed by atoms with Gasteiger partial charge in [0.25, 0.3) is 5.91 Å². The van der Waals surface area contributed by atoms with Crippen molar-refractivity contribution in [2.45, 2.75) is 32.4 Å². The minimum Gasteiger partial charge on any atom is -0.391 e. The molecular formula is C14H17FN2O3. The topological polar surface area (TPSA) is 60.9 Å². The lowest BCUT2D eigenvalue weighted by Gasteiger charge is -2.20. The van der Waals surface area contributed by atoms with Crippen molar-refractivity contribution >= 4 is 17.6 Å². The van der Waals surface area contributed by atoms with Crippen molar-refractivity contribution in [3.63, 3.8) is 0 Å². The summed E-state index contributed by atoms with van der Waals surface area (Å²) >= 11 is 0. The highest BCUT2D eigenvalue weighted by molar-refractivity contribution is 6.14. The molecule has 0 unspecified atom stereocenters. The Kier molecular flexibility index (Phi) is 4.04. The van der Waals surface area contributed by atoms with Crippen molar-refractivity contribution in [3.8, 4) is 0 Å². The smallest absolute Gasteiger partial charge is 0.332 e. The van der Waals surface area contributed by atoms with E-state index < -0.39 is 24.0 Å². The normalized spacial score (nSPS) is 20.7. The first kappa shape index (κ1) is 14.5. The van der Waals surface area contributed by atoms with Crippen molar-refractivity contribution in [1.82, 2.24) is 4.90 Å². The number of nitrogens with zero attached hydrogens (tertiary/aromatic N) is 2. The maximum Gasteiger partial charge on any atom is 0.332 e. The molecule has 5 nitrogen and oxygen atoms in total. The standard InChI is InChI=1S/C14H17FN2O3/c1-3-12(18)8-16-13(19)9(2)17(14(16)20)11-6-4-10(15)5-7-11/h4-7,9,12,18H,3,8H2,1-2H3/t9-,12+/m1/s1. The molecule has 1 aromatic rings. The Bertz CT molecular complexity index is 518. The molecule has 2 rings (SSSR count). The number of carbonyl (C=O) groups is 2. The number of amides is 3. The molecule has 2 atom stereocenters. The minimum atomic E-state index is -0.733. The van der Waals surface area contributed by atoms with Crippen LogP contribution in [0.25, 0.3) is 0 Å². The summed E-state index contributed by atoms with van der Waals surface area (Å²) in [6, 6.07) is 4.25. The quantitative estimate of drug-likeness (QED) is 0.855. The number of anilines is 1. The van der Waals surface area contributed by atoms with Crippen LogP contribution in [0.15, 0.2) is 24.3 Å². The van der Waals surface area contributed by atoms with Crippen molar-refractivity contribution in [1.29, 1.82) is 0 Å². The van der Waals surface area contributed by atoms with Gasteiger partial charge in [-0.3, -0.25) is 14.6 Å². The largest absolute Gasteiger partial charge is 0.391 e. The third-order valence-corrected chi connectivity index (χ3v) is 3.42. The molecule has 1 heterocycles. The van der Waals surface area contributed by atoms with Gasteiger partial charge in [0.05, 0.1) is 12.6 Å². The zero-order chi connectivity index (χ0) is 14.9. The van der Waals surface area contributed by atoms with Crippen molar-refractivity contribution in [2.24, 2.45) is 0 Å². The summed E-state index contributed by atoms with van der Waals surface area (Å²) in [5.41, 5.74) is 0.464. The Labute approximate surface area is 116 Å². The molecule has 0 aromatic heterocycles. The van der Waals surface area contributed by atoms with Gasteiger partial charge in [0.15, 0.2) is 0 Å². The van der Waals surface area contributed by atoms with E-state index in [-0.39, 0.29) is 12.5 Å². The highest BCUT2D eigenvalue weighted by atomic mass is 19.1. The molecular weight excluding hydrogens is 263 g/mol. The molecule has 0 bridgehead atoms. The zero-order valence-electron chi connectivity index (χ0n) is 11.4. The van der Waals surface area contributed by atoms with Crippen LogP contribution in [0.4, 0.5) is 14.9 Å². The molecule has 0 radical (unpaired) electrons. The van der Waals surface area contributed by atoms with E-state index in [1.807, 2.05) is 0 Å². The number of hydrogen-bond donors (Lipinski definition) is 1. The van der Waals surface area contributed by atoms with E-state index in [2.05, 4.69) is 0 Å². The van der Waals surface area contributed by atoms with Gasteiger partial charge in [0.1, 0.15) is 11.9 Å². The first-order chi connectivity index (χ1) is 9.45. The van der Waals surface area contributed by atoms with E-state index in [4.69, 9.17) is 0 Å². The minimum absolute atomic E-state index is 0.0177. The second-order valence-electron chi connectivity index (χ2n) is 4.82. The van der Waals surface area contributed by atoms with Crippen LogP contribution >= 0.6 is 0 Å². The Hall–Kier alpha value is -1.95. The van der Waals surface area contributed by atoms with E-state index in [0.29, 0.717) is 12.1 Å². The SMILES string of the molecule is CC[C@H](O)CN1C(=O)[C@@H](C)N(c2ccc(F)cc2)C1=O. The molecule has 108 valence electrons. The summed E-state index contributed by atoms with van der Waals surface area (Å²) in [4.78, 5) is 26.7. The first-order valence-electron chi connectivity index (χ1n) is 6.54. The molecule has 20 heavy (non-hydrogen) atoms. The second-order valence-corrected chi connectivity index (χ2v) is 4.82. The van der Waals surface area contributed by atoms with E-state index in [0.717, 1.165) is 4.90 Å². The third-order valence-electron chi connectivity index (χ3n) is 3.42. The number of halogens is 1. The van der Waals surface area contributed by atoms with Gasteiger partial charge < -0.3 is 5.11 Å². The van der Waals surface area contributed by atoms with E-state index in [1.165, 1.54) is 29.2 Å². The molecule has 0 spiro atoms. The number of imide groups is 1. The van der Waals surface area contributed by atoms with Crippen LogP contribution in [-0.2, 0) is 4.79 Å². The summed E-state index contributed by atoms with van der Waals surface area (Å²) in [5, 5.41) is 9.62. The van der Waals surface area contributed by atoms with E-state index in [9.17, 15) is 19.1 Å². The molecule has 1 N–H and O–H groups in total. The van der Waals surface area contributed by atoms with Gasteiger partial charge >= 0.3 is 6.03 Å². The number of urea groups is 1.